The minimum atomic E-state index is 0.0557. The van der Waals surface area contributed by atoms with Crippen LogP contribution in [0.2, 0.25) is 5.02 Å². The number of halogens is 1. The Balaban J connectivity index is 1.32. The average Bonchev–Trinajstić information content (AvgIpc) is 3.55. The first-order valence-electron chi connectivity index (χ1n) is 13.6. The molecular weight excluding hydrogens is 488 g/mol. The van der Waals surface area contributed by atoms with E-state index < -0.39 is 0 Å². The molecule has 1 saturated carbocycles. The molecule has 2 aliphatic heterocycles. The Morgan fingerprint density at radius 1 is 1.00 bits per heavy atom. The molecule has 5 rings (SSSR count). The van der Waals surface area contributed by atoms with Crippen molar-refractivity contribution < 1.29 is 0 Å². The standard InChI is InChI=1S/C28H39ClN6S/c1-20-14-21(2)18-35(17-20)25-16-24(34-12-5-6-13-34)31-26(32-25)33-27(36)30-19-28(10-3-4-11-28)22-8-7-9-23(29)15-22/h7-9,15-16,20-21H,3-6,10-14,17-19H2,1-2H3,(H2,30,31,32,33,36). The minimum Gasteiger partial charge on any atom is -0.361 e. The molecule has 0 spiro atoms. The van der Waals surface area contributed by atoms with E-state index in [1.807, 2.05) is 6.07 Å². The van der Waals surface area contributed by atoms with E-state index in [1.165, 1.54) is 37.7 Å². The van der Waals surface area contributed by atoms with Gasteiger partial charge in [0.2, 0.25) is 5.95 Å². The first-order valence-corrected chi connectivity index (χ1v) is 14.4. The lowest BCUT2D eigenvalue weighted by Gasteiger charge is -2.36. The third-order valence-corrected chi connectivity index (χ3v) is 8.61. The van der Waals surface area contributed by atoms with Gasteiger partial charge >= 0.3 is 0 Å². The summed E-state index contributed by atoms with van der Waals surface area (Å²) >= 11 is 12.1. The van der Waals surface area contributed by atoms with Crippen LogP contribution in [0, 0.1) is 11.8 Å². The lowest BCUT2D eigenvalue weighted by Crippen LogP contribution is -2.41. The van der Waals surface area contributed by atoms with Crippen LogP contribution in [-0.4, -0.2) is 47.8 Å². The average molecular weight is 527 g/mol. The molecule has 0 bridgehead atoms. The lowest BCUT2D eigenvalue weighted by molar-refractivity contribution is 0.355. The van der Waals surface area contributed by atoms with Crippen LogP contribution in [0.4, 0.5) is 17.6 Å². The third kappa shape index (κ3) is 5.88. The van der Waals surface area contributed by atoms with Crippen LogP contribution in [0.15, 0.2) is 30.3 Å². The molecule has 2 unspecified atom stereocenters. The van der Waals surface area contributed by atoms with Crippen LogP contribution in [0.3, 0.4) is 0 Å². The van der Waals surface area contributed by atoms with Gasteiger partial charge in [0, 0.05) is 49.2 Å². The third-order valence-electron chi connectivity index (χ3n) is 8.13. The summed E-state index contributed by atoms with van der Waals surface area (Å²) in [4.78, 5) is 14.6. The number of hydrogen-bond donors (Lipinski definition) is 2. The first-order chi connectivity index (χ1) is 17.4. The molecule has 1 aliphatic carbocycles. The summed E-state index contributed by atoms with van der Waals surface area (Å²) in [5.41, 5.74) is 1.35. The van der Waals surface area contributed by atoms with Gasteiger partial charge in [-0.15, -0.1) is 0 Å². The van der Waals surface area contributed by atoms with Gasteiger partial charge in [0.1, 0.15) is 11.6 Å². The second-order valence-electron chi connectivity index (χ2n) is 11.3. The fraction of sp³-hybridized carbons (Fsp3) is 0.607. The van der Waals surface area contributed by atoms with Crippen molar-refractivity contribution in [3.63, 3.8) is 0 Å². The van der Waals surface area contributed by atoms with Crippen molar-refractivity contribution in [2.24, 2.45) is 11.8 Å². The quantitative estimate of drug-likeness (QED) is 0.447. The van der Waals surface area contributed by atoms with Gasteiger partial charge in [0.25, 0.3) is 0 Å². The van der Waals surface area contributed by atoms with E-state index in [0.717, 1.165) is 62.2 Å². The molecule has 3 aliphatic rings. The monoisotopic (exact) mass is 526 g/mol. The number of nitrogens with one attached hydrogen (secondary N) is 2. The molecule has 8 heteroatoms. The predicted molar refractivity (Wildman–Crippen MR) is 154 cm³/mol. The Labute approximate surface area is 226 Å². The molecule has 3 fully saturated rings. The zero-order valence-corrected chi connectivity index (χ0v) is 23.2. The SMILES string of the molecule is CC1CC(C)CN(c2cc(N3CCCC3)nc(NC(=S)NCC3(c4cccc(Cl)c4)CCCC3)n2)C1. The molecule has 6 nitrogen and oxygen atoms in total. The number of hydrogen-bond acceptors (Lipinski definition) is 5. The highest BCUT2D eigenvalue weighted by Gasteiger charge is 2.36. The number of piperidine rings is 1. The molecule has 2 saturated heterocycles. The van der Waals surface area contributed by atoms with E-state index in [4.69, 9.17) is 33.8 Å². The summed E-state index contributed by atoms with van der Waals surface area (Å²) in [6, 6.07) is 10.5. The molecule has 194 valence electrons. The molecule has 0 radical (unpaired) electrons. The molecule has 36 heavy (non-hydrogen) atoms. The molecule has 0 amide bonds. The summed E-state index contributed by atoms with van der Waals surface area (Å²) in [6.45, 7) is 9.61. The van der Waals surface area contributed by atoms with Gasteiger partial charge in [0.15, 0.2) is 5.11 Å². The highest BCUT2D eigenvalue weighted by molar-refractivity contribution is 7.80. The van der Waals surface area contributed by atoms with Crippen molar-refractivity contribution in [1.82, 2.24) is 15.3 Å². The van der Waals surface area contributed by atoms with Gasteiger partial charge in [0.05, 0.1) is 0 Å². The van der Waals surface area contributed by atoms with Gasteiger partial charge in [-0.25, -0.2) is 0 Å². The van der Waals surface area contributed by atoms with Gasteiger partial charge < -0.3 is 20.4 Å². The maximum Gasteiger partial charge on any atom is 0.232 e. The lowest BCUT2D eigenvalue weighted by atomic mass is 9.79. The largest absolute Gasteiger partial charge is 0.361 e. The Hall–Kier alpha value is -2.12. The number of aromatic nitrogens is 2. The second kappa shape index (κ2) is 11.1. The number of rotatable bonds is 6. The number of anilines is 3. The van der Waals surface area contributed by atoms with Crippen molar-refractivity contribution in [1.29, 1.82) is 0 Å². The normalized spacial score (nSPS) is 23.6. The molecule has 2 atom stereocenters. The smallest absolute Gasteiger partial charge is 0.232 e. The van der Waals surface area contributed by atoms with Crippen molar-refractivity contribution in [2.45, 2.75) is 64.2 Å². The van der Waals surface area contributed by atoms with Gasteiger partial charge in [-0.05, 0) is 73.9 Å². The maximum absolute atomic E-state index is 6.34. The number of thiocarbonyl (C=S) groups is 1. The van der Waals surface area contributed by atoms with Crippen LogP contribution in [0.1, 0.15) is 64.4 Å². The zero-order valence-electron chi connectivity index (χ0n) is 21.6. The van der Waals surface area contributed by atoms with E-state index in [2.05, 4.69) is 58.5 Å². The van der Waals surface area contributed by atoms with E-state index in [0.29, 0.717) is 22.9 Å². The number of benzene rings is 1. The number of nitrogens with zero attached hydrogens (tertiary/aromatic N) is 4. The summed E-state index contributed by atoms with van der Waals surface area (Å²) in [5.74, 6) is 3.90. The molecule has 1 aromatic heterocycles. The molecular formula is C28H39ClN6S. The van der Waals surface area contributed by atoms with Gasteiger partial charge in [-0.1, -0.05) is 50.4 Å². The summed E-state index contributed by atoms with van der Waals surface area (Å²) in [6.07, 6.45) is 8.43. The molecule has 3 heterocycles. The van der Waals surface area contributed by atoms with Crippen LogP contribution in [-0.2, 0) is 5.41 Å². The molecule has 2 N–H and O–H groups in total. The van der Waals surface area contributed by atoms with Gasteiger partial charge in [-0.3, -0.25) is 0 Å². The fourth-order valence-corrected chi connectivity index (χ4v) is 6.78. The Morgan fingerprint density at radius 3 is 2.33 bits per heavy atom. The Morgan fingerprint density at radius 2 is 1.67 bits per heavy atom. The van der Waals surface area contributed by atoms with E-state index in [-0.39, 0.29) is 5.41 Å². The second-order valence-corrected chi connectivity index (χ2v) is 12.1. The van der Waals surface area contributed by atoms with Crippen LogP contribution < -0.4 is 20.4 Å². The maximum atomic E-state index is 6.34. The van der Waals surface area contributed by atoms with Crippen molar-refractivity contribution in [3.05, 3.63) is 40.9 Å². The van der Waals surface area contributed by atoms with E-state index in [9.17, 15) is 0 Å². The van der Waals surface area contributed by atoms with Crippen LogP contribution in [0.25, 0.3) is 0 Å². The summed E-state index contributed by atoms with van der Waals surface area (Å²) in [7, 11) is 0. The Kier molecular flexibility index (Phi) is 7.87. The molecule has 1 aromatic carbocycles. The highest BCUT2D eigenvalue weighted by Crippen LogP contribution is 2.41. The van der Waals surface area contributed by atoms with Crippen molar-refractivity contribution in [3.8, 4) is 0 Å². The summed E-state index contributed by atoms with van der Waals surface area (Å²) < 4.78 is 0. The van der Waals surface area contributed by atoms with E-state index >= 15 is 0 Å². The predicted octanol–water partition coefficient (Wildman–Crippen LogP) is 6.01. The van der Waals surface area contributed by atoms with Gasteiger partial charge in [-0.2, -0.15) is 9.97 Å². The van der Waals surface area contributed by atoms with Crippen molar-refractivity contribution >= 4 is 46.5 Å². The summed E-state index contributed by atoms with van der Waals surface area (Å²) in [5, 5.41) is 8.20. The van der Waals surface area contributed by atoms with Crippen LogP contribution >= 0.6 is 23.8 Å². The van der Waals surface area contributed by atoms with E-state index in [1.54, 1.807) is 0 Å². The highest BCUT2D eigenvalue weighted by atomic mass is 35.5. The topological polar surface area (TPSA) is 56.3 Å². The minimum absolute atomic E-state index is 0.0557. The fourth-order valence-electron chi connectivity index (χ4n) is 6.43. The Bertz CT molecular complexity index is 1060. The first kappa shape index (κ1) is 25.5. The van der Waals surface area contributed by atoms with Crippen molar-refractivity contribution in [2.75, 3.05) is 47.8 Å². The van der Waals surface area contributed by atoms with Crippen LogP contribution in [0.5, 0.6) is 0 Å². The zero-order chi connectivity index (χ0) is 25.1. The molecule has 2 aromatic rings.